The molecule has 1 unspecified atom stereocenters. The number of carbonyl (C=O) groups is 1. The van der Waals surface area contributed by atoms with E-state index in [4.69, 9.17) is 5.11 Å². The van der Waals surface area contributed by atoms with Crippen LogP contribution in [-0.2, 0) is 13.0 Å². The number of aryl methyl sites for hydroxylation is 1. The minimum Gasteiger partial charge on any atom is -0.478 e. The van der Waals surface area contributed by atoms with Gasteiger partial charge in [-0.3, -0.25) is 0 Å². The van der Waals surface area contributed by atoms with Gasteiger partial charge >= 0.3 is 5.97 Å². The number of aromatic nitrogens is 1. The highest BCUT2D eigenvalue weighted by atomic mass is 79.9. The maximum Gasteiger partial charge on any atom is 0.337 e. The zero-order chi connectivity index (χ0) is 14.1. The first kappa shape index (κ1) is 13.4. The molecule has 3 nitrogen and oxygen atoms in total. The molecule has 1 aromatic carbocycles. The number of benzene rings is 1. The van der Waals surface area contributed by atoms with Gasteiger partial charge in [0, 0.05) is 18.7 Å². The number of carboxylic acid groups (broad SMARTS) is 1. The molecule has 0 fully saturated rings. The van der Waals surface area contributed by atoms with Crippen molar-refractivity contribution >= 4 is 21.9 Å². The van der Waals surface area contributed by atoms with Crippen LogP contribution >= 0.6 is 15.9 Å². The molecule has 0 saturated carbocycles. The Balaban J connectivity index is 1.87. The zero-order valence-electron chi connectivity index (χ0n) is 11.1. The highest BCUT2D eigenvalue weighted by Gasteiger charge is 2.21. The van der Waals surface area contributed by atoms with Crippen molar-refractivity contribution < 1.29 is 9.90 Å². The van der Waals surface area contributed by atoms with Crippen molar-refractivity contribution in [3.8, 4) is 0 Å². The summed E-state index contributed by atoms with van der Waals surface area (Å²) >= 11 is 3.45. The van der Waals surface area contributed by atoms with Crippen LogP contribution in [0.4, 0.5) is 0 Å². The molecule has 1 atom stereocenters. The van der Waals surface area contributed by atoms with E-state index in [2.05, 4.69) is 40.2 Å². The molecular formula is C16H16BrNO2. The molecule has 4 heteroatoms. The van der Waals surface area contributed by atoms with Gasteiger partial charge < -0.3 is 9.67 Å². The Morgan fingerprint density at radius 3 is 2.95 bits per heavy atom. The fourth-order valence-electron chi connectivity index (χ4n) is 3.02. The standard InChI is InChI=1S/C16H16BrNO2/c17-15-8-13(16(19)20)10-18(15)9-12-6-3-5-11-4-1-2-7-14(11)12/h1-2,4,7-8,10,12H,3,5-6,9H2,(H,19,20). The Bertz CT molecular complexity index is 648. The molecule has 0 spiro atoms. The van der Waals surface area contributed by atoms with Gasteiger partial charge in [-0.05, 0) is 52.4 Å². The van der Waals surface area contributed by atoms with Crippen LogP contribution in [0.3, 0.4) is 0 Å². The largest absolute Gasteiger partial charge is 0.478 e. The van der Waals surface area contributed by atoms with E-state index >= 15 is 0 Å². The van der Waals surface area contributed by atoms with Crippen molar-refractivity contribution in [3.05, 3.63) is 57.8 Å². The van der Waals surface area contributed by atoms with Crippen LogP contribution in [0.25, 0.3) is 0 Å². The number of fused-ring (bicyclic) bond motifs is 1. The van der Waals surface area contributed by atoms with Crippen LogP contribution < -0.4 is 0 Å². The summed E-state index contributed by atoms with van der Waals surface area (Å²) in [6.45, 7) is 0.824. The predicted molar refractivity (Wildman–Crippen MR) is 81.2 cm³/mol. The van der Waals surface area contributed by atoms with Crippen LogP contribution in [0.1, 0.15) is 40.2 Å². The van der Waals surface area contributed by atoms with Gasteiger partial charge in [-0.1, -0.05) is 24.3 Å². The molecule has 0 saturated heterocycles. The second kappa shape index (κ2) is 5.44. The van der Waals surface area contributed by atoms with Crippen LogP contribution in [-0.4, -0.2) is 15.6 Å². The molecule has 104 valence electrons. The molecular weight excluding hydrogens is 318 g/mol. The van der Waals surface area contributed by atoms with Crippen molar-refractivity contribution in [1.82, 2.24) is 4.57 Å². The Kier molecular flexibility index (Phi) is 3.66. The van der Waals surface area contributed by atoms with Crippen molar-refractivity contribution in [3.63, 3.8) is 0 Å². The minimum absolute atomic E-state index is 0.334. The Morgan fingerprint density at radius 2 is 2.20 bits per heavy atom. The van der Waals surface area contributed by atoms with E-state index in [1.807, 2.05) is 4.57 Å². The summed E-state index contributed by atoms with van der Waals surface area (Å²) in [5, 5.41) is 9.05. The number of nitrogens with zero attached hydrogens (tertiary/aromatic N) is 1. The lowest BCUT2D eigenvalue weighted by Gasteiger charge is -2.26. The third-order valence-corrected chi connectivity index (χ3v) is 4.69. The topological polar surface area (TPSA) is 42.2 Å². The van der Waals surface area contributed by atoms with Gasteiger partial charge in [0.2, 0.25) is 0 Å². The van der Waals surface area contributed by atoms with E-state index in [0.29, 0.717) is 11.5 Å². The van der Waals surface area contributed by atoms with E-state index < -0.39 is 5.97 Å². The van der Waals surface area contributed by atoms with Gasteiger partial charge in [0.25, 0.3) is 0 Å². The molecule has 1 heterocycles. The van der Waals surface area contributed by atoms with E-state index in [0.717, 1.165) is 24.0 Å². The fraction of sp³-hybridized carbons (Fsp3) is 0.312. The summed E-state index contributed by atoms with van der Waals surface area (Å²) < 4.78 is 2.83. The first-order valence-corrected chi connectivity index (χ1v) is 7.61. The van der Waals surface area contributed by atoms with Crippen molar-refractivity contribution in [2.24, 2.45) is 0 Å². The number of hydrogen-bond donors (Lipinski definition) is 1. The van der Waals surface area contributed by atoms with E-state index in [-0.39, 0.29) is 0 Å². The summed E-state index contributed by atoms with van der Waals surface area (Å²) in [5.41, 5.74) is 3.18. The summed E-state index contributed by atoms with van der Waals surface area (Å²) in [7, 11) is 0. The third-order valence-electron chi connectivity index (χ3n) is 4.00. The highest BCUT2D eigenvalue weighted by Crippen LogP contribution is 2.33. The summed E-state index contributed by atoms with van der Waals surface area (Å²) in [5.74, 6) is -0.418. The zero-order valence-corrected chi connectivity index (χ0v) is 12.6. The maximum absolute atomic E-state index is 11.0. The molecule has 1 aliphatic rings. The smallest absolute Gasteiger partial charge is 0.337 e. The molecule has 2 aromatic rings. The summed E-state index contributed by atoms with van der Waals surface area (Å²) in [4.78, 5) is 11.0. The molecule has 20 heavy (non-hydrogen) atoms. The predicted octanol–water partition coefficient (Wildman–Crippen LogP) is 4.07. The monoisotopic (exact) mass is 333 g/mol. The number of hydrogen-bond acceptors (Lipinski definition) is 1. The van der Waals surface area contributed by atoms with Gasteiger partial charge in [-0.25, -0.2) is 4.79 Å². The number of aromatic carboxylic acids is 1. The van der Waals surface area contributed by atoms with Gasteiger partial charge in [-0.2, -0.15) is 0 Å². The van der Waals surface area contributed by atoms with Crippen LogP contribution in [0.15, 0.2) is 41.1 Å². The molecule has 1 aliphatic carbocycles. The van der Waals surface area contributed by atoms with Crippen molar-refractivity contribution in [2.45, 2.75) is 31.7 Å². The lowest BCUT2D eigenvalue weighted by molar-refractivity contribution is 0.0697. The number of halogens is 1. The highest BCUT2D eigenvalue weighted by molar-refractivity contribution is 9.10. The van der Waals surface area contributed by atoms with Gasteiger partial charge in [-0.15, -0.1) is 0 Å². The average molecular weight is 334 g/mol. The van der Waals surface area contributed by atoms with Gasteiger partial charge in [0.1, 0.15) is 0 Å². The van der Waals surface area contributed by atoms with E-state index in [9.17, 15) is 4.79 Å². The lowest BCUT2D eigenvalue weighted by Crippen LogP contribution is -2.15. The Morgan fingerprint density at radius 1 is 1.40 bits per heavy atom. The maximum atomic E-state index is 11.0. The molecule has 0 bridgehead atoms. The van der Waals surface area contributed by atoms with Gasteiger partial charge in [0.05, 0.1) is 10.2 Å². The van der Waals surface area contributed by atoms with Gasteiger partial charge in [0.15, 0.2) is 0 Å². The quantitative estimate of drug-likeness (QED) is 0.919. The van der Waals surface area contributed by atoms with Crippen molar-refractivity contribution in [1.29, 1.82) is 0 Å². The second-order valence-electron chi connectivity index (χ2n) is 5.30. The molecule has 0 aliphatic heterocycles. The SMILES string of the molecule is O=C(O)c1cc(Br)n(CC2CCCc3ccccc32)c1. The third kappa shape index (κ3) is 2.52. The minimum atomic E-state index is -0.881. The second-order valence-corrected chi connectivity index (χ2v) is 6.11. The summed E-state index contributed by atoms with van der Waals surface area (Å²) in [6, 6.07) is 10.3. The van der Waals surface area contributed by atoms with Crippen LogP contribution in [0, 0.1) is 0 Å². The lowest BCUT2D eigenvalue weighted by atomic mass is 9.83. The Labute approximate surface area is 126 Å². The van der Waals surface area contributed by atoms with Crippen molar-refractivity contribution in [2.75, 3.05) is 0 Å². The first-order valence-electron chi connectivity index (χ1n) is 6.82. The first-order chi connectivity index (χ1) is 9.65. The molecule has 3 rings (SSSR count). The van der Waals surface area contributed by atoms with Crippen LogP contribution in [0.5, 0.6) is 0 Å². The number of rotatable bonds is 3. The normalized spacial score (nSPS) is 17.8. The molecule has 1 N–H and O–H groups in total. The molecule has 1 aromatic heterocycles. The fourth-order valence-corrected chi connectivity index (χ4v) is 3.51. The number of carboxylic acids is 1. The summed E-state index contributed by atoms with van der Waals surface area (Å²) in [6.07, 6.45) is 5.22. The Hall–Kier alpha value is -1.55. The van der Waals surface area contributed by atoms with Crippen LogP contribution in [0.2, 0.25) is 0 Å². The molecule has 0 radical (unpaired) electrons. The van der Waals surface area contributed by atoms with E-state index in [1.54, 1.807) is 12.3 Å². The molecule has 0 amide bonds. The average Bonchev–Trinajstić information content (AvgIpc) is 2.81. The van der Waals surface area contributed by atoms with E-state index in [1.165, 1.54) is 17.5 Å².